The zero-order chi connectivity index (χ0) is 20.1. The van der Waals surface area contributed by atoms with Crippen LogP contribution in [0.1, 0.15) is 36.1 Å². The fourth-order valence-electron chi connectivity index (χ4n) is 3.49. The summed E-state index contributed by atoms with van der Waals surface area (Å²) in [5, 5.41) is 2.16. The van der Waals surface area contributed by atoms with Gasteiger partial charge in [-0.1, -0.05) is 60.7 Å². The Hall–Kier alpha value is -2.69. The van der Waals surface area contributed by atoms with E-state index in [1.807, 2.05) is 49.4 Å². The third kappa shape index (κ3) is 4.58. The molecule has 0 N–H and O–H groups in total. The Labute approximate surface area is 161 Å². The van der Waals surface area contributed by atoms with E-state index >= 15 is 0 Å². The molecular formula is C23H22F4N+. The lowest BCUT2D eigenvalue weighted by molar-refractivity contribution is -0.569. The highest BCUT2D eigenvalue weighted by Gasteiger charge is 2.30. The molecule has 0 amide bonds. The Bertz CT molecular complexity index is 970. The van der Waals surface area contributed by atoms with Crippen molar-refractivity contribution in [2.45, 2.75) is 32.0 Å². The maximum Gasteiger partial charge on any atom is 0.416 e. The van der Waals surface area contributed by atoms with E-state index in [0.717, 1.165) is 28.5 Å². The number of aryl methyl sites for hydroxylation is 1. The molecule has 0 aromatic heterocycles. The summed E-state index contributed by atoms with van der Waals surface area (Å²) in [7, 11) is 0. The Kier molecular flexibility index (Phi) is 6.12. The molecule has 0 radical (unpaired) electrons. The molecule has 1 nitrogen and oxygen atoms in total. The molecule has 0 aliphatic rings. The Balaban J connectivity index is 1.70. The molecule has 146 valence electrons. The molecule has 0 saturated heterocycles. The topological polar surface area (TPSA) is 3.01 Å². The quantitative estimate of drug-likeness (QED) is 0.255. The molecule has 1 atom stereocenters. The van der Waals surface area contributed by atoms with Gasteiger partial charge in [-0.3, -0.25) is 0 Å². The van der Waals surface area contributed by atoms with E-state index in [9.17, 15) is 17.6 Å². The number of nitrogens with zero attached hydrogens (tertiary/aromatic N) is 1. The second-order valence-corrected chi connectivity index (χ2v) is 6.88. The van der Waals surface area contributed by atoms with Crippen molar-refractivity contribution in [2.24, 2.45) is 0 Å². The highest BCUT2D eigenvalue weighted by molar-refractivity contribution is 5.85. The normalized spacial score (nSPS) is 13.7. The van der Waals surface area contributed by atoms with Crippen LogP contribution in [0.25, 0.3) is 10.8 Å². The third-order valence-electron chi connectivity index (χ3n) is 5.03. The highest BCUT2D eigenvalue weighted by atomic mass is 19.4. The number of benzene rings is 3. The summed E-state index contributed by atoms with van der Waals surface area (Å²) in [5.74, 6) is 0. The summed E-state index contributed by atoms with van der Waals surface area (Å²) in [4.78, 5) is 0. The van der Waals surface area contributed by atoms with Crippen LogP contribution >= 0.6 is 0 Å². The van der Waals surface area contributed by atoms with Crippen molar-refractivity contribution in [3.8, 4) is 0 Å². The molecule has 5 heteroatoms. The summed E-state index contributed by atoms with van der Waals surface area (Å²) in [6, 6.07) is 19.0. The van der Waals surface area contributed by atoms with Gasteiger partial charge in [0, 0.05) is 18.9 Å². The van der Waals surface area contributed by atoms with E-state index in [1.54, 1.807) is 10.6 Å². The van der Waals surface area contributed by atoms with Gasteiger partial charge in [0.2, 0.25) is 0 Å². The number of alkyl halides is 3. The first-order valence-electron chi connectivity index (χ1n) is 9.23. The van der Waals surface area contributed by atoms with E-state index in [2.05, 4.69) is 0 Å². The molecule has 0 aliphatic heterocycles. The van der Waals surface area contributed by atoms with Crippen molar-refractivity contribution in [1.82, 2.24) is 0 Å². The Morgan fingerprint density at radius 3 is 2.43 bits per heavy atom. The lowest BCUT2D eigenvalue weighted by atomic mass is 9.99. The standard InChI is InChI=1S/C23H22F4N/c1-17(21-13-5-10-19-9-2-3-12-22(19)21)28(16-24)14-6-8-18-7-4-11-20(15-18)23(25,26)27/h2-5,7,9-13,15-17H,6,8,14H2,1H3/q+1/t17-/m1/s1. The maximum absolute atomic E-state index is 13.6. The van der Waals surface area contributed by atoms with Crippen LogP contribution in [-0.2, 0) is 12.6 Å². The molecule has 3 aromatic rings. The van der Waals surface area contributed by atoms with Gasteiger partial charge in [0.15, 0.2) is 6.04 Å². The predicted molar refractivity (Wildman–Crippen MR) is 104 cm³/mol. The van der Waals surface area contributed by atoms with Gasteiger partial charge >= 0.3 is 12.6 Å². The fraction of sp³-hybridized carbons (Fsp3) is 0.261. The molecular weight excluding hydrogens is 366 g/mol. The van der Waals surface area contributed by atoms with Crippen LogP contribution in [-0.4, -0.2) is 17.6 Å². The largest absolute Gasteiger partial charge is 0.416 e. The van der Waals surface area contributed by atoms with Gasteiger partial charge < -0.3 is 0 Å². The van der Waals surface area contributed by atoms with Gasteiger partial charge in [0.1, 0.15) is 6.54 Å². The van der Waals surface area contributed by atoms with Crippen LogP contribution < -0.4 is 0 Å². The van der Waals surface area contributed by atoms with E-state index in [0.29, 0.717) is 31.4 Å². The van der Waals surface area contributed by atoms with Crippen LogP contribution in [0.4, 0.5) is 17.6 Å². The van der Waals surface area contributed by atoms with Gasteiger partial charge in [-0.2, -0.15) is 13.2 Å². The van der Waals surface area contributed by atoms with Crippen LogP contribution in [0.3, 0.4) is 0 Å². The Morgan fingerprint density at radius 2 is 1.68 bits per heavy atom. The number of hydrogen-bond acceptors (Lipinski definition) is 0. The monoisotopic (exact) mass is 388 g/mol. The molecule has 28 heavy (non-hydrogen) atoms. The van der Waals surface area contributed by atoms with Gasteiger partial charge in [-0.15, -0.1) is 4.39 Å². The van der Waals surface area contributed by atoms with Gasteiger partial charge in [-0.25, -0.2) is 4.58 Å². The lowest BCUT2D eigenvalue weighted by Gasteiger charge is -2.14. The summed E-state index contributed by atoms with van der Waals surface area (Å²) in [6.45, 7) is 2.91. The SMILES string of the molecule is C[C@H](c1cccc2ccccc12)[N+](=CF)CCCc1cccc(C(F)(F)F)c1. The van der Waals surface area contributed by atoms with Crippen molar-refractivity contribution in [3.05, 3.63) is 83.4 Å². The van der Waals surface area contributed by atoms with Crippen LogP contribution in [0.2, 0.25) is 0 Å². The first-order chi connectivity index (χ1) is 13.4. The van der Waals surface area contributed by atoms with E-state index in [-0.39, 0.29) is 6.04 Å². The average Bonchev–Trinajstić information content (AvgIpc) is 2.70. The van der Waals surface area contributed by atoms with E-state index in [1.165, 1.54) is 6.07 Å². The minimum absolute atomic E-state index is 0.183. The number of halogens is 4. The average molecular weight is 388 g/mol. The molecule has 0 unspecified atom stereocenters. The van der Waals surface area contributed by atoms with E-state index in [4.69, 9.17) is 0 Å². The summed E-state index contributed by atoms with van der Waals surface area (Å²) < 4.78 is 53.7. The second kappa shape index (κ2) is 8.55. The van der Waals surface area contributed by atoms with Crippen LogP contribution in [0.5, 0.6) is 0 Å². The van der Waals surface area contributed by atoms with Crippen molar-refractivity contribution >= 4 is 17.2 Å². The molecule has 0 heterocycles. The first-order valence-corrected chi connectivity index (χ1v) is 9.23. The van der Waals surface area contributed by atoms with Crippen LogP contribution in [0.15, 0.2) is 66.7 Å². The fourth-order valence-corrected chi connectivity index (χ4v) is 3.49. The first kappa shape index (κ1) is 20.1. The lowest BCUT2D eigenvalue weighted by Crippen LogP contribution is -2.19. The number of fused-ring (bicyclic) bond motifs is 1. The zero-order valence-corrected chi connectivity index (χ0v) is 15.6. The summed E-state index contributed by atoms with van der Waals surface area (Å²) in [6.07, 6.45) is -3.34. The number of hydrogen-bond donors (Lipinski definition) is 0. The number of rotatable bonds is 6. The van der Waals surface area contributed by atoms with Gasteiger partial charge in [-0.05, 0) is 28.8 Å². The van der Waals surface area contributed by atoms with Crippen molar-refractivity contribution in [3.63, 3.8) is 0 Å². The maximum atomic E-state index is 13.6. The summed E-state index contributed by atoms with van der Waals surface area (Å²) >= 11 is 0. The molecule has 0 spiro atoms. The second-order valence-electron chi connectivity index (χ2n) is 6.88. The van der Waals surface area contributed by atoms with Gasteiger partial charge in [0.25, 0.3) is 0 Å². The molecule has 0 fully saturated rings. The minimum atomic E-state index is -4.35. The van der Waals surface area contributed by atoms with Crippen LogP contribution in [0, 0.1) is 0 Å². The summed E-state index contributed by atoms with van der Waals surface area (Å²) in [5.41, 5.74) is 0.973. The zero-order valence-electron chi connectivity index (χ0n) is 15.6. The Morgan fingerprint density at radius 1 is 0.964 bits per heavy atom. The minimum Gasteiger partial charge on any atom is -0.205 e. The molecule has 3 aromatic carbocycles. The predicted octanol–water partition coefficient (Wildman–Crippen LogP) is 6.56. The van der Waals surface area contributed by atoms with Crippen molar-refractivity contribution < 1.29 is 22.1 Å². The van der Waals surface area contributed by atoms with Crippen molar-refractivity contribution in [2.75, 3.05) is 6.54 Å². The highest BCUT2D eigenvalue weighted by Crippen LogP contribution is 2.30. The van der Waals surface area contributed by atoms with Gasteiger partial charge in [0.05, 0.1) is 5.56 Å². The molecule has 0 bridgehead atoms. The third-order valence-corrected chi connectivity index (χ3v) is 5.03. The smallest absolute Gasteiger partial charge is 0.205 e. The molecule has 0 aliphatic carbocycles. The molecule has 3 rings (SSSR count). The van der Waals surface area contributed by atoms with E-state index < -0.39 is 11.7 Å². The van der Waals surface area contributed by atoms with Crippen molar-refractivity contribution in [1.29, 1.82) is 0 Å². The molecule has 0 saturated carbocycles.